The maximum Gasteiger partial charge on any atom is 0.416 e. The van der Waals surface area contributed by atoms with E-state index < -0.39 is 23.5 Å². The largest absolute Gasteiger partial charge is 0.416 e. The molecule has 31 heavy (non-hydrogen) atoms. The van der Waals surface area contributed by atoms with Crippen LogP contribution < -0.4 is 10.7 Å². The van der Waals surface area contributed by atoms with Gasteiger partial charge in [-0.25, -0.2) is 14.5 Å². The van der Waals surface area contributed by atoms with Gasteiger partial charge in [-0.2, -0.15) is 23.4 Å². The SMILES string of the molecule is Cc1nn(-c2cccc(C(F)(F)F)c2)c(Cl)c1/C=N/NC(=O)CNc1ccc(F)cc1. The van der Waals surface area contributed by atoms with Crippen molar-refractivity contribution in [2.24, 2.45) is 5.10 Å². The average Bonchev–Trinajstić information content (AvgIpc) is 3.01. The lowest BCUT2D eigenvalue weighted by Gasteiger charge is -2.09. The van der Waals surface area contributed by atoms with Crippen molar-refractivity contribution in [3.63, 3.8) is 0 Å². The van der Waals surface area contributed by atoms with Gasteiger partial charge in [0.05, 0.1) is 35.3 Å². The van der Waals surface area contributed by atoms with Crippen molar-refractivity contribution in [3.8, 4) is 5.69 Å². The number of hydrogen-bond acceptors (Lipinski definition) is 4. The third-order valence-corrected chi connectivity index (χ3v) is 4.51. The van der Waals surface area contributed by atoms with Crippen molar-refractivity contribution >= 4 is 29.4 Å². The minimum absolute atomic E-state index is 0.0410. The summed E-state index contributed by atoms with van der Waals surface area (Å²) in [4.78, 5) is 11.9. The average molecular weight is 454 g/mol. The Morgan fingerprint density at radius 3 is 2.61 bits per heavy atom. The molecule has 6 nitrogen and oxygen atoms in total. The fraction of sp³-hybridized carbons (Fsp3) is 0.150. The molecule has 0 fully saturated rings. The molecule has 0 spiro atoms. The molecular formula is C20H16ClF4N5O. The molecule has 3 aromatic rings. The lowest BCUT2D eigenvalue weighted by molar-refractivity contribution is -0.137. The summed E-state index contributed by atoms with van der Waals surface area (Å²) < 4.78 is 52.9. The standard InChI is InChI=1S/C20H16ClF4N5O/c1-12-17(10-27-28-18(31)11-26-15-7-5-14(22)6-8-15)19(21)30(29-12)16-4-2-3-13(9-16)20(23,24)25/h2-10,26H,11H2,1H3,(H,28,31)/b27-10+. The maximum absolute atomic E-state index is 13.0. The third-order valence-electron chi connectivity index (χ3n) is 4.15. The molecule has 0 atom stereocenters. The minimum atomic E-state index is -4.50. The quantitative estimate of drug-likeness (QED) is 0.327. The van der Waals surface area contributed by atoms with E-state index >= 15 is 0 Å². The number of carbonyl (C=O) groups excluding carboxylic acids is 1. The zero-order valence-electron chi connectivity index (χ0n) is 16.0. The topological polar surface area (TPSA) is 71.3 Å². The monoisotopic (exact) mass is 453 g/mol. The first-order chi connectivity index (χ1) is 14.6. The van der Waals surface area contributed by atoms with E-state index in [9.17, 15) is 22.4 Å². The van der Waals surface area contributed by atoms with Crippen molar-refractivity contribution in [1.29, 1.82) is 0 Å². The van der Waals surface area contributed by atoms with E-state index in [4.69, 9.17) is 11.6 Å². The summed E-state index contributed by atoms with van der Waals surface area (Å²) in [6.45, 7) is 1.49. The van der Waals surface area contributed by atoms with Gasteiger partial charge in [0.25, 0.3) is 5.91 Å². The Morgan fingerprint density at radius 1 is 1.23 bits per heavy atom. The minimum Gasteiger partial charge on any atom is -0.376 e. The van der Waals surface area contributed by atoms with E-state index in [2.05, 4.69) is 20.9 Å². The van der Waals surface area contributed by atoms with Crippen LogP contribution in [-0.2, 0) is 11.0 Å². The van der Waals surface area contributed by atoms with E-state index in [-0.39, 0.29) is 17.4 Å². The normalized spacial score (nSPS) is 11.7. The summed E-state index contributed by atoms with van der Waals surface area (Å²) in [6, 6.07) is 10.1. The molecule has 0 aliphatic rings. The van der Waals surface area contributed by atoms with Gasteiger partial charge in [-0.1, -0.05) is 17.7 Å². The van der Waals surface area contributed by atoms with Gasteiger partial charge in [0, 0.05) is 5.69 Å². The number of alkyl halides is 3. The van der Waals surface area contributed by atoms with Crippen LogP contribution in [0.4, 0.5) is 23.2 Å². The molecule has 2 aromatic carbocycles. The highest BCUT2D eigenvalue weighted by molar-refractivity contribution is 6.32. The number of carbonyl (C=O) groups is 1. The van der Waals surface area contributed by atoms with E-state index in [1.807, 2.05) is 0 Å². The number of amides is 1. The number of benzene rings is 2. The lowest BCUT2D eigenvalue weighted by atomic mass is 10.2. The van der Waals surface area contributed by atoms with Gasteiger partial charge in [-0.05, 0) is 49.4 Å². The number of nitrogens with zero attached hydrogens (tertiary/aromatic N) is 3. The lowest BCUT2D eigenvalue weighted by Crippen LogP contribution is -2.25. The zero-order chi connectivity index (χ0) is 22.6. The Labute approximate surface area is 179 Å². The zero-order valence-corrected chi connectivity index (χ0v) is 16.8. The first-order valence-electron chi connectivity index (χ1n) is 8.89. The Bertz CT molecular complexity index is 1110. The molecule has 1 heterocycles. The van der Waals surface area contributed by atoms with E-state index in [1.54, 1.807) is 6.92 Å². The van der Waals surface area contributed by atoms with Crippen LogP contribution in [0.2, 0.25) is 5.15 Å². The number of hydrazone groups is 1. The van der Waals surface area contributed by atoms with Crippen LogP contribution in [0.1, 0.15) is 16.8 Å². The highest BCUT2D eigenvalue weighted by Gasteiger charge is 2.30. The van der Waals surface area contributed by atoms with E-state index in [0.29, 0.717) is 16.9 Å². The molecule has 0 aliphatic heterocycles. The van der Waals surface area contributed by atoms with Gasteiger partial charge in [-0.3, -0.25) is 4.79 Å². The second kappa shape index (κ2) is 9.17. The van der Waals surface area contributed by atoms with Crippen LogP contribution >= 0.6 is 11.6 Å². The Hall–Kier alpha value is -3.40. The number of rotatable bonds is 6. The molecule has 0 saturated heterocycles. The molecular weight excluding hydrogens is 438 g/mol. The Morgan fingerprint density at radius 2 is 1.94 bits per heavy atom. The van der Waals surface area contributed by atoms with Gasteiger partial charge in [0.15, 0.2) is 0 Å². The summed E-state index contributed by atoms with van der Waals surface area (Å²) in [7, 11) is 0. The first kappa shape index (κ1) is 22.3. The van der Waals surface area contributed by atoms with Crippen LogP contribution in [0, 0.1) is 12.7 Å². The summed E-state index contributed by atoms with van der Waals surface area (Å²) in [5, 5.41) is 10.8. The number of aromatic nitrogens is 2. The Balaban J connectivity index is 1.67. The van der Waals surface area contributed by atoms with Gasteiger partial charge in [0.2, 0.25) is 0 Å². The van der Waals surface area contributed by atoms with Crippen molar-refractivity contribution in [2.45, 2.75) is 13.1 Å². The fourth-order valence-corrected chi connectivity index (χ4v) is 2.92. The van der Waals surface area contributed by atoms with Crippen LogP contribution in [0.3, 0.4) is 0 Å². The van der Waals surface area contributed by atoms with Crippen molar-refractivity contribution in [1.82, 2.24) is 15.2 Å². The van der Waals surface area contributed by atoms with Crippen molar-refractivity contribution in [2.75, 3.05) is 11.9 Å². The van der Waals surface area contributed by atoms with Crippen molar-refractivity contribution < 1.29 is 22.4 Å². The predicted octanol–water partition coefficient (Wildman–Crippen LogP) is 4.55. The number of halogens is 5. The molecule has 0 radical (unpaired) electrons. The van der Waals surface area contributed by atoms with Gasteiger partial charge < -0.3 is 5.32 Å². The molecule has 2 N–H and O–H groups in total. The van der Waals surface area contributed by atoms with E-state index in [1.165, 1.54) is 42.6 Å². The maximum atomic E-state index is 13.0. The van der Waals surface area contributed by atoms with E-state index in [0.717, 1.165) is 16.8 Å². The summed E-state index contributed by atoms with van der Waals surface area (Å²) in [5.74, 6) is -0.864. The summed E-state index contributed by atoms with van der Waals surface area (Å²) in [6.07, 6.45) is -3.24. The number of hydrogen-bond donors (Lipinski definition) is 2. The predicted molar refractivity (Wildman–Crippen MR) is 109 cm³/mol. The molecule has 1 amide bonds. The molecule has 0 bridgehead atoms. The highest BCUT2D eigenvalue weighted by atomic mass is 35.5. The highest BCUT2D eigenvalue weighted by Crippen LogP contribution is 2.31. The van der Waals surface area contributed by atoms with Gasteiger partial charge in [0.1, 0.15) is 11.0 Å². The number of nitrogens with one attached hydrogen (secondary N) is 2. The van der Waals surface area contributed by atoms with Gasteiger partial charge in [-0.15, -0.1) is 0 Å². The van der Waals surface area contributed by atoms with Crippen LogP contribution in [0.5, 0.6) is 0 Å². The molecule has 0 aliphatic carbocycles. The Kier molecular flexibility index (Phi) is 6.59. The number of aryl methyl sites for hydroxylation is 1. The second-order valence-corrected chi connectivity index (χ2v) is 6.76. The summed E-state index contributed by atoms with van der Waals surface area (Å²) in [5.41, 5.74) is 2.90. The second-order valence-electron chi connectivity index (χ2n) is 6.40. The first-order valence-corrected chi connectivity index (χ1v) is 9.27. The van der Waals surface area contributed by atoms with Gasteiger partial charge >= 0.3 is 6.18 Å². The molecule has 162 valence electrons. The third kappa shape index (κ3) is 5.60. The number of anilines is 1. The van der Waals surface area contributed by atoms with Crippen LogP contribution in [0.25, 0.3) is 5.69 Å². The van der Waals surface area contributed by atoms with Crippen LogP contribution in [-0.4, -0.2) is 28.4 Å². The molecule has 0 unspecified atom stereocenters. The fourth-order valence-electron chi connectivity index (χ4n) is 2.60. The smallest absolute Gasteiger partial charge is 0.376 e. The summed E-state index contributed by atoms with van der Waals surface area (Å²) >= 11 is 6.27. The molecule has 0 saturated carbocycles. The molecule has 3 rings (SSSR count). The van der Waals surface area contributed by atoms with Crippen molar-refractivity contribution in [3.05, 3.63) is 76.3 Å². The molecule has 1 aromatic heterocycles. The van der Waals surface area contributed by atoms with Crippen LogP contribution in [0.15, 0.2) is 53.6 Å². The molecule has 11 heteroatoms.